The molecule has 116 valence electrons. The van der Waals surface area contributed by atoms with Crippen molar-refractivity contribution >= 4 is 0 Å². The summed E-state index contributed by atoms with van der Waals surface area (Å²) >= 11 is 0. The highest BCUT2D eigenvalue weighted by atomic mass is 14.9. The van der Waals surface area contributed by atoms with Crippen molar-refractivity contribution in [1.29, 1.82) is 0 Å². The van der Waals surface area contributed by atoms with E-state index in [1.165, 1.54) is 49.1 Å². The first-order valence-electron chi connectivity index (χ1n) is 8.73. The third-order valence-electron chi connectivity index (χ3n) is 5.13. The zero-order valence-electron chi connectivity index (χ0n) is 13.8. The summed E-state index contributed by atoms with van der Waals surface area (Å²) in [6.45, 7) is 7.76. The molecule has 1 atom stereocenters. The normalized spacial score (nSPS) is 22.8. The molecule has 1 aromatic rings. The average Bonchev–Trinajstić information content (AvgIpc) is 2.99. The van der Waals surface area contributed by atoms with Gasteiger partial charge in [-0.3, -0.25) is 0 Å². The van der Waals surface area contributed by atoms with Gasteiger partial charge in [-0.15, -0.1) is 0 Å². The fraction of sp³-hybridized carbons (Fsp3) is 0.778. The molecule has 0 spiro atoms. The molecule has 21 heavy (non-hydrogen) atoms. The van der Waals surface area contributed by atoms with E-state index in [4.69, 9.17) is 9.97 Å². The first kappa shape index (κ1) is 15.0. The number of hydrogen-bond donors (Lipinski definition) is 1. The summed E-state index contributed by atoms with van der Waals surface area (Å²) in [4.78, 5) is 9.82. The number of nitrogens with zero attached hydrogens (tertiary/aromatic N) is 2. The molecule has 2 aliphatic carbocycles. The predicted molar refractivity (Wildman–Crippen MR) is 86.6 cm³/mol. The van der Waals surface area contributed by atoms with Crippen molar-refractivity contribution in [1.82, 2.24) is 15.3 Å². The SMILES string of the molecule is Cc1nc(C2CCCC2)nc2c1CC(CNC(C)C)CC2. The van der Waals surface area contributed by atoms with Gasteiger partial charge in [-0.05, 0) is 57.1 Å². The standard InChI is InChI=1S/C18H29N3/c1-12(2)19-11-14-8-9-17-16(10-14)13(3)20-18(21-17)15-6-4-5-7-15/h12,14-15,19H,4-11H2,1-3H3. The van der Waals surface area contributed by atoms with Crippen LogP contribution < -0.4 is 5.32 Å². The van der Waals surface area contributed by atoms with Crippen molar-refractivity contribution < 1.29 is 0 Å². The lowest BCUT2D eigenvalue weighted by molar-refractivity contribution is 0.400. The lowest BCUT2D eigenvalue weighted by Crippen LogP contribution is -2.32. The van der Waals surface area contributed by atoms with Gasteiger partial charge in [0.25, 0.3) is 0 Å². The molecule has 3 nitrogen and oxygen atoms in total. The molecule has 3 rings (SSSR count). The Morgan fingerprint density at radius 3 is 2.62 bits per heavy atom. The molecule has 3 heteroatoms. The molecular weight excluding hydrogens is 258 g/mol. The van der Waals surface area contributed by atoms with Crippen molar-refractivity contribution in [2.24, 2.45) is 5.92 Å². The number of hydrogen-bond acceptors (Lipinski definition) is 3. The van der Waals surface area contributed by atoms with Crippen LogP contribution in [0.4, 0.5) is 0 Å². The van der Waals surface area contributed by atoms with E-state index in [9.17, 15) is 0 Å². The molecule has 0 saturated heterocycles. The molecule has 1 N–H and O–H groups in total. The molecule has 0 radical (unpaired) electrons. The van der Waals surface area contributed by atoms with Gasteiger partial charge >= 0.3 is 0 Å². The smallest absolute Gasteiger partial charge is 0.131 e. The van der Waals surface area contributed by atoms with Gasteiger partial charge in [0.05, 0.1) is 0 Å². The Hall–Kier alpha value is -0.960. The maximum atomic E-state index is 4.95. The van der Waals surface area contributed by atoms with E-state index in [0.29, 0.717) is 12.0 Å². The van der Waals surface area contributed by atoms with E-state index in [-0.39, 0.29) is 0 Å². The highest BCUT2D eigenvalue weighted by molar-refractivity contribution is 5.29. The first-order valence-corrected chi connectivity index (χ1v) is 8.73. The Balaban J connectivity index is 1.74. The minimum Gasteiger partial charge on any atom is -0.314 e. The quantitative estimate of drug-likeness (QED) is 0.920. The Kier molecular flexibility index (Phi) is 4.58. The topological polar surface area (TPSA) is 37.8 Å². The van der Waals surface area contributed by atoms with E-state index in [1.807, 2.05) is 0 Å². The largest absolute Gasteiger partial charge is 0.314 e. The zero-order chi connectivity index (χ0) is 14.8. The van der Waals surface area contributed by atoms with Gasteiger partial charge in [-0.25, -0.2) is 9.97 Å². The number of aryl methyl sites for hydroxylation is 2. The van der Waals surface area contributed by atoms with Crippen LogP contribution in [0.15, 0.2) is 0 Å². The molecule has 1 aromatic heterocycles. The average molecular weight is 287 g/mol. The van der Waals surface area contributed by atoms with Crippen LogP contribution in [0.3, 0.4) is 0 Å². The van der Waals surface area contributed by atoms with Gasteiger partial charge < -0.3 is 5.32 Å². The molecule has 2 aliphatic rings. The van der Waals surface area contributed by atoms with Crippen molar-refractivity contribution in [2.75, 3.05) is 6.54 Å². The van der Waals surface area contributed by atoms with E-state index in [1.54, 1.807) is 0 Å². The molecule has 1 fully saturated rings. The van der Waals surface area contributed by atoms with Gasteiger partial charge in [0.2, 0.25) is 0 Å². The van der Waals surface area contributed by atoms with Crippen LogP contribution in [0.5, 0.6) is 0 Å². The second-order valence-electron chi connectivity index (χ2n) is 7.25. The van der Waals surface area contributed by atoms with Crippen molar-refractivity contribution in [3.63, 3.8) is 0 Å². The number of aromatic nitrogens is 2. The molecule has 1 heterocycles. The summed E-state index contributed by atoms with van der Waals surface area (Å²) in [6.07, 6.45) is 8.86. The Morgan fingerprint density at radius 1 is 1.14 bits per heavy atom. The van der Waals surface area contributed by atoms with E-state index in [2.05, 4.69) is 26.1 Å². The van der Waals surface area contributed by atoms with Gasteiger partial charge in [0.15, 0.2) is 0 Å². The van der Waals surface area contributed by atoms with Crippen LogP contribution in [-0.2, 0) is 12.8 Å². The monoisotopic (exact) mass is 287 g/mol. The summed E-state index contributed by atoms with van der Waals surface area (Å²) in [5, 5.41) is 3.58. The van der Waals surface area contributed by atoms with Crippen LogP contribution in [0.25, 0.3) is 0 Å². The highest BCUT2D eigenvalue weighted by Gasteiger charge is 2.26. The lowest BCUT2D eigenvalue weighted by atomic mass is 9.85. The fourth-order valence-corrected chi connectivity index (χ4v) is 3.83. The van der Waals surface area contributed by atoms with Crippen LogP contribution in [-0.4, -0.2) is 22.6 Å². The Labute approximate surface area is 129 Å². The predicted octanol–water partition coefficient (Wildman–Crippen LogP) is 3.55. The highest BCUT2D eigenvalue weighted by Crippen LogP contribution is 2.34. The summed E-state index contributed by atoms with van der Waals surface area (Å²) in [5.41, 5.74) is 4.04. The summed E-state index contributed by atoms with van der Waals surface area (Å²) in [7, 11) is 0. The van der Waals surface area contributed by atoms with Crippen molar-refractivity contribution in [3.05, 3.63) is 22.8 Å². The van der Waals surface area contributed by atoms with E-state index in [0.717, 1.165) is 31.1 Å². The molecule has 0 bridgehead atoms. The fourth-order valence-electron chi connectivity index (χ4n) is 3.83. The van der Waals surface area contributed by atoms with Gasteiger partial charge in [-0.1, -0.05) is 26.7 Å². The summed E-state index contributed by atoms with van der Waals surface area (Å²) in [6, 6.07) is 0.577. The molecular formula is C18H29N3. The van der Waals surface area contributed by atoms with Gasteiger partial charge in [0.1, 0.15) is 5.82 Å². The minimum atomic E-state index is 0.577. The van der Waals surface area contributed by atoms with Gasteiger partial charge in [0, 0.05) is 23.3 Å². The number of rotatable bonds is 4. The van der Waals surface area contributed by atoms with Gasteiger partial charge in [-0.2, -0.15) is 0 Å². The Bertz CT molecular complexity index is 489. The first-order chi connectivity index (χ1) is 10.1. The van der Waals surface area contributed by atoms with E-state index < -0.39 is 0 Å². The maximum absolute atomic E-state index is 4.95. The molecule has 0 aliphatic heterocycles. The summed E-state index contributed by atoms with van der Waals surface area (Å²) in [5.74, 6) is 2.52. The van der Waals surface area contributed by atoms with E-state index >= 15 is 0 Å². The third kappa shape index (κ3) is 3.45. The van der Waals surface area contributed by atoms with Crippen LogP contribution in [0.2, 0.25) is 0 Å². The van der Waals surface area contributed by atoms with Crippen LogP contribution in [0, 0.1) is 12.8 Å². The maximum Gasteiger partial charge on any atom is 0.131 e. The second kappa shape index (κ2) is 6.43. The minimum absolute atomic E-state index is 0.577. The van der Waals surface area contributed by atoms with Crippen molar-refractivity contribution in [2.45, 2.75) is 77.7 Å². The lowest BCUT2D eigenvalue weighted by Gasteiger charge is -2.27. The molecule has 1 saturated carbocycles. The number of nitrogens with one attached hydrogen (secondary N) is 1. The van der Waals surface area contributed by atoms with Crippen LogP contribution >= 0.6 is 0 Å². The Morgan fingerprint density at radius 2 is 1.90 bits per heavy atom. The molecule has 0 amide bonds. The number of fused-ring (bicyclic) bond motifs is 1. The molecule has 1 unspecified atom stereocenters. The third-order valence-corrected chi connectivity index (χ3v) is 5.13. The van der Waals surface area contributed by atoms with Crippen LogP contribution in [0.1, 0.15) is 74.6 Å². The summed E-state index contributed by atoms with van der Waals surface area (Å²) < 4.78 is 0. The molecule has 0 aromatic carbocycles. The second-order valence-corrected chi connectivity index (χ2v) is 7.25. The van der Waals surface area contributed by atoms with Crippen molar-refractivity contribution in [3.8, 4) is 0 Å². The zero-order valence-corrected chi connectivity index (χ0v) is 13.8.